The number of benzene rings is 4. The van der Waals surface area contributed by atoms with E-state index in [1.807, 2.05) is 24.3 Å². The number of aromatic nitrogens is 2. The number of fused-ring (bicyclic) bond motifs is 4. The van der Waals surface area contributed by atoms with Crippen molar-refractivity contribution in [1.82, 2.24) is 9.97 Å². The summed E-state index contributed by atoms with van der Waals surface area (Å²) in [7, 11) is 0. The van der Waals surface area contributed by atoms with Gasteiger partial charge in [-0.1, -0.05) is 103 Å². The summed E-state index contributed by atoms with van der Waals surface area (Å²) in [5.41, 5.74) is 9.29. The summed E-state index contributed by atoms with van der Waals surface area (Å²) in [5.74, 6) is 0.757. The van der Waals surface area contributed by atoms with Gasteiger partial charge in [-0.15, -0.1) is 0 Å². The van der Waals surface area contributed by atoms with Gasteiger partial charge in [-0.3, -0.25) is 0 Å². The van der Waals surface area contributed by atoms with E-state index in [1.54, 1.807) is 0 Å². The van der Waals surface area contributed by atoms with Gasteiger partial charge in [0.1, 0.15) is 0 Å². The number of para-hydroxylation sites is 1. The Labute approximate surface area is 196 Å². The molecule has 5 aromatic rings. The Kier molecular flexibility index (Phi) is 4.31. The fraction of sp³-hybridized carbons (Fsp3) is 0.103. The van der Waals surface area contributed by atoms with Crippen LogP contribution in [0.25, 0.3) is 44.7 Å². The van der Waals surface area contributed by atoms with Crippen molar-refractivity contribution < 1.29 is 0 Å². The highest BCUT2D eigenvalue weighted by molar-refractivity contribution is 9.10. The molecular formula is C29H21BrN2. The van der Waals surface area contributed by atoms with Gasteiger partial charge in [-0.05, 0) is 40.5 Å². The van der Waals surface area contributed by atoms with Gasteiger partial charge >= 0.3 is 0 Å². The quantitative estimate of drug-likeness (QED) is 0.257. The summed E-state index contributed by atoms with van der Waals surface area (Å²) in [5, 5.41) is 1.08. The van der Waals surface area contributed by atoms with Crippen molar-refractivity contribution in [1.29, 1.82) is 0 Å². The molecule has 154 valence electrons. The highest BCUT2D eigenvalue weighted by Gasteiger charge is 2.38. The van der Waals surface area contributed by atoms with E-state index in [4.69, 9.17) is 9.97 Å². The maximum Gasteiger partial charge on any atom is 0.160 e. The normalized spacial score (nSPS) is 13.7. The Morgan fingerprint density at radius 1 is 0.688 bits per heavy atom. The maximum atomic E-state index is 5.14. The average molecular weight is 477 g/mol. The summed E-state index contributed by atoms with van der Waals surface area (Å²) in [6, 6.07) is 31.8. The van der Waals surface area contributed by atoms with Gasteiger partial charge in [0.25, 0.3) is 0 Å². The second-order valence-corrected chi connectivity index (χ2v) is 9.74. The van der Waals surface area contributed by atoms with Crippen LogP contribution in [-0.2, 0) is 5.41 Å². The summed E-state index contributed by atoms with van der Waals surface area (Å²) in [6.07, 6.45) is 0. The monoisotopic (exact) mass is 476 g/mol. The maximum absolute atomic E-state index is 5.14. The van der Waals surface area contributed by atoms with Gasteiger partial charge in [0.15, 0.2) is 5.82 Å². The lowest BCUT2D eigenvalue weighted by Gasteiger charge is -2.25. The lowest BCUT2D eigenvalue weighted by Crippen LogP contribution is -2.16. The first kappa shape index (κ1) is 19.4. The van der Waals surface area contributed by atoms with E-state index >= 15 is 0 Å². The van der Waals surface area contributed by atoms with Gasteiger partial charge in [0, 0.05) is 26.4 Å². The smallest absolute Gasteiger partial charge is 0.160 e. The molecule has 0 fully saturated rings. The van der Waals surface area contributed by atoms with Gasteiger partial charge < -0.3 is 0 Å². The predicted molar refractivity (Wildman–Crippen MR) is 136 cm³/mol. The molecule has 0 spiro atoms. The first-order valence-electron chi connectivity index (χ1n) is 10.8. The lowest BCUT2D eigenvalue weighted by molar-refractivity contribution is 0.661. The first-order chi connectivity index (χ1) is 15.5. The van der Waals surface area contributed by atoms with E-state index in [9.17, 15) is 0 Å². The van der Waals surface area contributed by atoms with Crippen molar-refractivity contribution in [2.75, 3.05) is 0 Å². The van der Waals surface area contributed by atoms with Crippen LogP contribution in [0.4, 0.5) is 0 Å². The number of nitrogens with zero attached hydrogens (tertiary/aromatic N) is 2. The Balaban J connectivity index is 1.68. The molecule has 1 aliphatic rings. The third-order valence-electron chi connectivity index (χ3n) is 6.52. The second kappa shape index (κ2) is 7.11. The Hall–Kier alpha value is -3.30. The minimum Gasteiger partial charge on any atom is -0.228 e. The molecule has 0 aliphatic heterocycles. The molecule has 1 aliphatic carbocycles. The molecule has 2 nitrogen and oxygen atoms in total. The zero-order valence-corrected chi connectivity index (χ0v) is 19.5. The molecule has 0 saturated carbocycles. The van der Waals surface area contributed by atoms with Crippen LogP contribution in [0.2, 0.25) is 0 Å². The highest BCUT2D eigenvalue weighted by Crippen LogP contribution is 2.53. The molecule has 6 rings (SSSR count). The largest absolute Gasteiger partial charge is 0.228 e. The van der Waals surface area contributed by atoms with E-state index in [0.29, 0.717) is 0 Å². The van der Waals surface area contributed by atoms with Crippen LogP contribution in [0, 0.1) is 0 Å². The highest BCUT2D eigenvalue weighted by atomic mass is 79.9. The minimum absolute atomic E-state index is 0.135. The molecule has 1 heterocycles. The second-order valence-electron chi connectivity index (χ2n) is 8.82. The number of hydrogen-bond acceptors (Lipinski definition) is 2. The third kappa shape index (κ3) is 2.85. The number of halogens is 1. The molecule has 0 radical (unpaired) electrons. The van der Waals surface area contributed by atoms with Gasteiger partial charge in [-0.2, -0.15) is 0 Å². The van der Waals surface area contributed by atoms with E-state index in [0.717, 1.165) is 32.5 Å². The standard InChI is InChI=1S/C29H21BrN2/c1-29(2)24-17-19(30)15-16-20(24)21-12-8-13-23(26(21)29)27-22-11-6-7-14-25(22)31-28(32-27)18-9-4-3-5-10-18/h3-17H,1-2H3. The van der Waals surface area contributed by atoms with Crippen molar-refractivity contribution in [3.8, 4) is 33.8 Å². The molecule has 0 saturated heterocycles. The van der Waals surface area contributed by atoms with Crippen molar-refractivity contribution in [2.45, 2.75) is 19.3 Å². The Morgan fingerprint density at radius 3 is 2.28 bits per heavy atom. The molecular weight excluding hydrogens is 456 g/mol. The molecule has 0 atom stereocenters. The summed E-state index contributed by atoms with van der Waals surface area (Å²) >= 11 is 3.67. The first-order valence-corrected chi connectivity index (χ1v) is 11.6. The molecule has 0 bridgehead atoms. The van der Waals surface area contributed by atoms with Crippen molar-refractivity contribution >= 4 is 26.8 Å². The van der Waals surface area contributed by atoms with E-state index in [-0.39, 0.29) is 5.41 Å². The van der Waals surface area contributed by atoms with Crippen LogP contribution in [0.1, 0.15) is 25.0 Å². The molecule has 1 aromatic heterocycles. The fourth-order valence-electron chi connectivity index (χ4n) is 5.05. The van der Waals surface area contributed by atoms with Gasteiger partial charge in [0.2, 0.25) is 0 Å². The Morgan fingerprint density at radius 2 is 1.44 bits per heavy atom. The van der Waals surface area contributed by atoms with Crippen LogP contribution < -0.4 is 0 Å². The van der Waals surface area contributed by atoms with Crippen LogP contribution in [0.15, 0.2) is 95.5 Å². The summed E-state index contributed by atoms with van der Waals surface area (Å²) in [6.45, 7) is 4.63. The predicted octanol–water partition coefficient (Wildman–Crippen LogP) is 8.03. The molecule has 0 N–H and O–H groups in total. The van der Waals surface area contributed by atoms with Crippen LogP contribution in [-0.4, -0.2) is 9.97 Å². The van der Waals surface area contributed by atoms with Crippen molar-refractivity contribution in [3.05, 3.63) is 107 Å². The lowest BCUT2D eigenvalue weighted by atomic mass is 9.79. The zero-order chi connectivity index (χ0) is 21.9. The number of hydrogen-bond donors (Lipinski definition) is 0. The van der Waals surface area contributed by atoms with Crippen LogP contribution in [0.5, 0.6) is 0 Å². The Bertz CT molecular complexity index is 1500. The summed E-state index contributed by atoms with van der Waals surface area (Å²) in [4.78, 5) is 10.0. The number of rotatable bonds is 2. The van der Waals surface area contributed by atoms with Crippen LogP contribution >= 0.6 is 15.9 Å². The van der Waals surface area contributed by atoms with Gasteiger partial charge in [-0.25, -0.2) is 9.97 Å². The third-order valence-corrected chi connectivity index (χ3v) is 7.02. The topological polar surface area (TPSA) is 25.8 Å². The molecule has 4 aromatic carbocycles. The zero-order valence-electron chi connectivity index (χ0n) is 17.9. The molecule has 32 heavy (non-hydrogen) atoms. The van der Waals surface area contributed by atoms with E-state index in [2.05, 4.69) is 96.5 Å². The fourth-order valence-corrected chi connectivity index (χ4v) is 5.41. The molecule has 3 heteroatoms. The summed E-state index contributed by atoms with van der Waals surface area (Å²) < 4.78 is 1.11. The van der Waals surface area contributed by atoms with Crippen LogP contribution in [0.3, 0.4) is 0 Å². The average Bonchev–Trinajstić information content (AvgIpc) is 3.05. The van der Waals surface area contributed by atoms with E-state index < -0.39 is 0 Å². The molecule has 0 unspecified atom stereocenters. The van der Waals surface area contributed by atoms with Crippen molar-refractivity contribution in [2.24, 2.45) is 0 Å². The minimum atomic E-state index is -0.135. The van der Waals surface area contributed by atoms with Gasteiger partial charge in [0.05, 0.1) is 11.2 Å². The SMILES string of the molecule is CC1(C)c2cc(Br)ccc2-c2cccc(-c3nc(-c4ccccc4)nc4ccccc34)c21. The van der Waals surface area contributed by atoms with E-state index in [1.165, 1.54) is 27.8 Å². The molecule has 0 amide bonds. The van der Waals surface area contributed by atoms with Crippen molar-refractivity contribution in [3.63, 3.8) is 0 Å².